The Labute approximate surface area is 151 Å². The number of hydrogen-bond donors (Lipinski definition) is 1. The van der Waals surface area contributed by atoms with Crippen molar-refractivity contribution in [3.63, 3.8) is 0 Å². The van der Waals surface area contributed by atoms with Gasteiger partial charge in [0.25, 0.3) is 5.91 Å². The predicted octanol–water partition coefficient (Wildman–Crippen LogP) is 2.11. The molecule has 1 amide bonds. The van der Waals surface area contributed by atoms with Crippen LogP contribution in [0.5, 0.6) is 0 Å². The number of carbonyl (C=O) groups is 1. The standard InChI is InChI=1S/C18H18N4O3S/c1-12(13-7-9-14(10-8-13)26(19,24)25)22(2)18(23)17-11-20-15-5-3-4-6-16(15)21-17/h3-12H,1-2H3,(H2,19,24,25)/t12-/m0/s1. The van der Waals surface area contributed by atoms with E-state index in [1.165, 1.54) is 23.2 Å². The van der Waals surface area contributed by atoms with Crippen LogP contribution in [0.25, 0.3) is 11.0 Å². The number of rotatable bonds is 4. The number of primary sulfonamides is 1. The molecule has 2 aromatic carbocycles. The Kier molecular flexibility index (Phi) is 4.71. The quantitative estimate of drug-likeness (QED) is 0.757. The summed E-state index contributed by atoms with van der Waals surface area (Å²) in [5.74, 6) is -0.272. The molecule has 0 spiro atoms. The van der Waals surface area contributed by atoms with Crippen molar-refractivity contribution in [2.24, 2.45) is 5.14 Å². The number of nitrogens with two attached hydrogens (primary N) is 1. The number of benzene rings is 2. The Balaban J connectivity index is 1.84. The van der Waals surface area contributed by atoms with E-state index in [0.717, 1.165) is 11.1 Å². The highest BCUT2D eigenvalue weighted by atomic mass is 32.2. The van der Waals surface area contributed by atoms with Gasteiger partial charge in [-0.15, -0.1) is 0 Å². The largest absolute Gasteiger partial charge is 0.334 e. The fourth-order valence-corrected chi connectivity index (χ4v) is 3.09. The molecule has 3 rings (SSSR count). The van der Waals surface area contributed by atoms with E-state index in [9.17, 15) is 13.2 Å². The summed E-state index contributed by atoms with van der Waals surface area (Å²) in [5, 5.41) is 5.10. The van der Waals surface area contributed by atoms with E-state index in [2.05, 4.69) is 9.97 Å². The number of fused-ring (bicyclic) bond motifs is 1. The molecule has 0 unspecified atom stereocenters. The summed E-state index contributed by atoms with van der Waals surface area (Å²) in [6, 6.07) is 13.2. The molecule has 8 heteroatoms. The number of para-hydroxylation sites is 2. The van der Waals surface area contributed by atoms with Crippen LogP contribution in [0, 0.1) is 0 Å². The summed E-state index contributed by atoms with van der Waals surface area (Å²) < 4.78 is 22.7. The van der Waals surface area contributed by atoms with Gasteiger partial charge >= 0.3 is 0 Å². The number of nitrogens with zero attached hydrogens (tertiary/aromatic N) is 3. The first-order valence-corrected chi connectivity index (χ1v) is 9.44. The third-order valence-corrected chi connectivity index (χ3v) is 5.19. The van der Waals surface area contributed by atoms with Crippen molar-refractivity contribution < 1.29 is 13.2 Å². The Morgan fingerprint density at radius 3 is 2.31 bits per heavy atom. The lowest BCUT2D eigenvalue weighted by molar-refractivity contribution is 0.0736. The third-order valence-electron chi connectivity index (χ3n) is 4.26. The average molecular weight is 370 g/mol. The van der Waals surface area contributed by atoms with Gasteiger partial charge in [0.1, 0.15) is 5.69 Å². The van der Waals surface area contributed by atoms with Crippen LogP contribution in [0.1, 0.15) is 29.0 Å². The monoisotopic (exact) mass is 370 g/mol. The van der Waals surface area contributed by atoms with Gasteiger partial charge in [-0.3, -0.25) is 9.78 Å². The van der Waals surface area contributed by atoms with Gasteiger partial charge < -0.3 is 4.90 Å². The van der Waals surface area contributed by atoms with Crippen LogP contribution >= 0.6 is 0 Å². The van der Waals surface area contributed by atoms with Crippen LogP contribution in [-0.2, 0) is 10.0 Å². The maximum absolute atomic E-state index is 12.7. The first-order chi connectivity index (χ1) is 12.3. The second-order valence-corrected chi connectivity index (χ2v) is 7.51. The highest BCUT2D eigenvalue weighted by molar-refractivity contribution is 7.89. The van der Waals surface area contributed by atoms with E-state index in [1.54, 1.807) is 25.2 Å². The fourth-order valence-electron chi connectivity index (χ4n) is 2.58. The molecule has 26 heavy (non-hydrogen) atoms. The highest BCUT2D eigenvalue weighted by Crippen LogP contribution is 2.22. The molecular weight excluding hydrogens is 352 g/mol. The highest BCUT2D eigenvalue weighted by Gasteiger charge is 2.21. The molecule has 0 fully saturated rings. The van der Waals surface area contributed by atoms with E-state index in [0.29, 0.717) is 5.52 Å². The lowest BCUT2D eigenvalue weighted by Gasteiger charge is -2.25. The smallest absolute Gasteiger partial charge is 0.274 e. The second kappa shape index (κ2) is 6.81. The van der Waals surface area contributed by atoms with Crippen LogP contribution < -0.4 is 5.14 Å². The van der Waals surface area contributed by atoms with Gasteiger partial charge in [0, 0.05) is 7.05 Å². The second-order valence-electron chi connectivity index (χ2n) is 5.95. The van der Waals surface area contributed by atoms with Crippen LogP contribution in [0.3, 0.4) is 0 Å². The van der Waals surface area contributed by atoms with Crippen molar-refractivity contribution >= 4 is 27.0 Å². The van der Waals surface area contributed by atoms with Crippen LogP contribution in [0.2, 0.25) is 0 Å². The van der Waals surface area contributed by atoms with Crippen LogP contribution in [0.4, 0.5) is 0 Å². The minimum absolute atomic E-state index is 0.0304. The summed E-state index contributed by atoms with van der Waals surface area (Å²) in [5.41, 5.74) is 2.40. The summed E-state index contributed by atoms with van der Waals surface area (Å²) >= 11 is 0. The molecular formula is C18H18N4O3S. The Morgan fingerprint density at radius 1 is 1.08 bits per heavy atom. The molecule has 0 saturated heterocycles. The van der Waals surface area contributed by atoms with Gasteiger partial charge in [0.15, 0.2) is 0 Å². The van der Waals surface area contributed by atoms with E-state index in [-0.39, 0.29) is 22.5 Å². The summed E-state index contributed by atoms with van der Waals surface area (Å²) in [4.78, 5) is 22.9. The summed E-state index contributed by atoms with van der Waals surface area (Å²) in [7, 11) is -2.08. The van der Waals surface area contributed by atoms with Gasteiger partial charge in [-0.05, 0) is 36.8 Å². The molecule has 0 aliphatic carbocycles. The molecule has 3 aromatic rings. The van der Waals surface area contributed by atoms with Crippen molar-refractivity contribution in [2.75, 3.05) is 7.05 Å². The van der Waals surface area contributed by atoms with Gasteiger partial charge in [0.05, 0.1) is 28.2 Å². The Hall–Kier alpha value is -2.84. The van der Waals surface area contributed by atoms with Crippen molar-refractivity contribution in [1.29, 1.82) is 0 Å². The van der Waals surface area contributed by atoms with Gasteiger partial charge in [-0.1, -0.05) is 24.3 Å². The third kappa shape index (κ3) is 3.56. The minimum atomic E-state index is -3.74. The maximum atomic E-state index is 12.7. The van der Waals surface area contributed by atoms with Crippen molar-refractivity contribution in [3.8, 4) is 0 Å². The molecule has 2 N–H and O–H groups in total. The zero-order valence-corrected chi connectivity index (χ0v) is 15.1. The molecule has 134 valence electrons. The number of amides is 1. The molecule has 0 bridgehead atoms. The molecule has 1 heterocycles. The van der Waals surface area contributed by atoms with E-state index >= 15 is 0 Å². The fraction of sp³-hybridized carbons (Fsp3) is 0.167. The van der Waals surface area contributed by atoms with Crippen molar-refractivity contribution in [1.82, 2.24) is 14.9 Å². The predicted molar refractivity (Wildman–Crippen MR) is 97.9 cm³/mol. The zero-order valence-electron chi connectivity index (χ0n) is 14.3. The minimum Gasteiger partial charge on any atom is -0.334 e. The molecule has 1 aromatic heterocycles. The average Bonchev–Trinajstić information content (AvgIpc) is 2.65. The van der Waals surface area contributed by atoms with Crippen molar-refractivity contribution in [3.05, 3.63) is 66.0 Å². The lowest BCUT2D eigenvalue weighted by atomic mass is 10.1. The van der Waals surface area contributed by atoms with Crippen molar-refractivity contribution in [2.45, 2.75) is 17.9 Å². The number of carbonyl (C=O) groups excluding carboxylic acids is 1. The van der Waals surface area contributed by atoms with Gasteiger partial charge in [0.2, 0.25) is 10.0 Å². The molecule has 0 aliphatic rings. The number of sulfonamides is 1. The molecule has 0 radical (unpaired) electrons. The molecule has 7 nitrogen and oxygen atoms in total. The van der Waals surface area contributed by atoms with Crippen LogP contribution in [-0.4, -0.2) is 36.2 Å². The Bertz CT molecular complexity index is 1070. The topological polar surface area (TPSA) is 106 Å². The lowest BCUT2D eigenvalue weighted by Crippen LogP contribution is -2.30. The number of hydrogen-bond acceptors (Lipinski definition) is 5. The van der Waals surface area contributed by atoms with Gasteiger partial charge in [-0.2, -0.15) is 0 Å². The van der Waals surface area contributed by atoms with E-state index in [4.69, 9.17) is 5.14 Å². The first kappa shape index (κ1) is 18.0. The molecule has 0 aliphatic heterocycles. The normalized spacial score (nSPS) is 12.7. The number of aromatic nitrogens is 2. The zero-order chi connectivity index (χ0) is 18.9. The van der Waals surface area contributed by atoms with E-state index < -0.39 is 10.0 Å². The first-order valence-electron chi connectivity index (χ1n) is 7.89. The van der Waals surface area contributed by atoms with E-state index in [1.807, 2.05) is 25.1 Å². The SMILES string of the molecule is C[C@@H](c1ccc(S(N)(=O)=O)cc1)N(C)C(=O)c1cnc2ccccc2n1. The van der Waals surface area contributed by atoms with Gasteiger partial charge in [-0.25, -0.2) is 18.5 Å². The maximum Gasteiger partial charge on any atom is 0.274 e. The summed E-state index contributed by atoms with van der Waals surface area (Å²) in [6.45, 7) is 1.85. The molecule has 0 saturated carbocycles. The van der Waals surface area contributed by atoms with Crippen LogP contribution in [0.15, 0.2) is 59.6 Å². The summed E-state index contributed by atoms with van der Waals surface area (Å²) in [6.07, 6.45) is 1.46. The molecule has 1 atom stereocenters. The Morgan fingerprint density at radius 2 is 1.69 bits per heavy atom.